The fraction of sp³-hybridized carbons (Fsp3) is 0.600. The number of esters is 1. The molecule has 0 spiro atoms. The molecule has 2 unspecified atom stereocenters. The van der Waals surface area contributed by atoms with Crippen LogP contribution in [0.25, 0.3) is 0 Å². The Hall–Kier alpha value is -1.46. The van der Waals surface area contributed by atoms with Gasteiger partial charge in [-0.1, -0.05) is 0 Å². The third-order valence-corrected chi connectivity index (χ3v) is 4.01. The van der Waals surface area contributed by atoms with E-state index in [9.17, 15) is 4.79 Å². The molecule has 5 nitrogen and oxygen atoms in total. The Bertz CT molecular complexity index is 471. The van der Waals surface area contributed by atoms with Crippen molar-refractivity contribution in [2.24, 2.45) is 5.92 Å². The van der Waals surface area contributed by atoms with Gasteiger partial charge in [0.2, 0.25) is 0 Å². The minimum absolute atomic E-state index is 0.352. The van der Waals surface area contributed by atoms with Crippen LogP contribution < -0.4 is 5.32 Å². The molecule has 108 valence electrons. The van der Waals surface area contributed by atoms with E-state index in [1.54, 1.807) is 12.3 Å². The number of rotatable bonds is 5. The van der Waals surface area contributed by atoms with Crippen molar-refractivity contribution >= 4 is 5.97 Å². The molecule has 1 aliphatic heterocycles. The van der Waals surface area contributed by atoms with Crippen molar-refractivity contribution in [2.75, 3.05) is 13.7 Å². The van der Waals surface area contributed by atoms with Crippen molar-refractivity contribution in [1.82, 2.24) is 10.3 Å². The molecule has 1 aromatic heterocycles. The smallest absolute Gasteiger partial charge is 0.339 e. The van der Waals surface area contributed by atoms with Gasteiger partial charge in [-0.25, -0.2) is 4.79 Å². The lowest BCUT2D eigenvalue weighted by Gasteiger charge is -2.19. The summed E-state index contributed by atoms with van der Waals surface area (Å²) >= 11 is 0. The second-order valence-corrected chi connectivity index (χ2v) is 5.48. The summed E-state index contributed by atoms with van der Waals surface area (Å²) < 4.78 is 10.5. The first kappa shape index (κ1) is 13.5. The van der Waals surface area contributed by atoms with Gasteiger partial charge < -0.3 is 14.8 Å². The minimum atomic E-state index is -0.352. The predicted molar refractivity (Wildman–Crippen MR) is 73.3 cm³/mol. The summed E-state index contributed by atoms with van der Waals surface area (Å²) in [5.74, 6) is 0.402. The van der Waals surface area contributed by atoms with Crippen LogP contribution in [0.4, 0.5) is 0 Å². The molecule has 0 aromatic carbocycles. The molecule has 1 saturated heterocycles. The zero-order valence-electron chi connectivity index (χ0n) is 11.7. The number of nitrogens with one attached hydrogen (secondary N) is 1. The van der Waals surface area contributed by atoms with Crippen LogP contribution in [0.15, 0.2) is 18.3 Å². The van der Waals surface area contributed by atoms with E-state index >= 15 is 0 Å². The summed E-state index contributed by atoms with van der Waals surface area (Å²) in [6, 6.07) is 4.05. The van der Waals surface area contributed by atoms with Crippen molar-refractivity contribution < 1.29 is 14.3 Å². The molecule has 2 fully saturated rings. The minimum Gasteiger partial charge on any atom is -0.465 e. The Morgan fingerprint density at radius 3 is 2.95 bits per heavy atom. The molecule has 0 amide bonds. The summed E-state index contributed by atoms with van der Waals surface area (Å²) in [7, 11) is 1.37. The van der Waals surface area contributed by atoms with E-state index in [2.05, 4.69) is 15.0 Å². The van der Waals surface area contributed by atoms with Gasteiger partial charge in [0.15, 0.2) is 0 Å². The number of hydrogen-bond acceptors (Lipinski definition) is 5. The zero-order valence-corrected chi connectivity index (χ0v) is 11.7. The summed E-state index contributed by atoms with van der Waals surface area (Å²) in [6.45, 7) is 1.56. The Kier molecular flexibility index (Phi) is 3.98. The van der Waals surface area contributed by atoms with E-state index < -0.39 is 0 Å². The first-order valence-corrected chi connectivity index (χ1v) is 7.16. The van der Waals surface area contributed by atoms with Gasteiger partial charge in [0.05, 0.1) is 24.5 Å². The largest absolute Gasteiger partial charge is 0.465 e. The number of hydrogen-bond donors (Lipinski definition) is 1. The number of aromatic nitrogens is 1. The van der Waals surface area contributed by atoms with E-state index in [1.807, 2.05) is 6.07 Å². The third kappa shape index (κ3) is 2.99. The number of carbonyl (C=O) groups is 1. The molecule has 1 aliphatic carbocycles. The number of pyridine rings is 1. The average Bonchev–Trinajstić information content (AvgIpc) is 3.23. The van der Waals surface area contributed by atoms with Crippen LogP contribution in [0.5, 0.6) is 0 Å². The predicted octanol–water partition coefficient (Wildman–Crippen LogP) is 1.53. The topological polar surface area (TPSA) is 60.5 Å². The van der Waals surface area contributed by atoms with Gasteiger partial charge in [-0.15, -0.1) is 0 Å². The molecule has 1 aromatic rings. The first-order chi connectivity index (χ1) is 9.78. The highest BCUT2D eigenvalue weighted by Crippen LogP contribution is 2.38. The fourth-order valence-corrected chi connectivity index (χ4v) is 2.72. The Morgan fingerprint density at radius 1 is 1.45 bits per heavy atom. The van der Waals surface area contributed by atoms with Gasteiger partial charge in [-0.2, -0.15) is 0 Å². The van der Waals surface area contributed by atoms with Gasteiger partial charge >= 0.3 is 5.97 Å². The monoisotopic (exact) mass is 276 g/mol. The quantitative estimate of drug-likeness (QED) is 0.826. The normalized spacial score (nSPS) is 25.6. The van der Waals surface area contributed by atoms with E-state index in [4.69, 9.17) is 4.74 Å². The van der Waals surface area contributed by atoms with Crippen LogP contribution in [0.1, 0.15) is 35.3 Å². The second-order valence-electron chi connectivity index (χ2n) is 5.48. The third-order valence-electron chi connectivity index (χ3n) is 4.01. The van der Waals surface area contributed by atoms with Gasteiger partial charge in [0.25, 0.3) is 0 Å². The van der Waals surface area contributed by atoms with Crippen molar-refractivity contribution in [2.45, 2.75) is 38.0 Å². The standard InChI is InChI=1S/C15H20N2O3/c1-19-15(18)11-4-5-12(16-8-11)9-17-13-6-7-20-14(13)10-2-3-10/h4-5,8,10,13-14,17H,2-3,6-7,9H2,1H3. The molecule has 2 aliphatic rings. The van der Waals surface area contributed by atoms with Gasteiger partial charge in [-0.05, 0) is 37.3 Å². The summed E-state index contributed by atoms with van der Waals surface area (Å²) in [5.41, 5.74) is 1.41. The molecule has 1 N–H and O–H groups in total. The molecule has 2 atom stereocenters. The van der Waals surface area contributed by atoms with Crippen LogP contribution >= 0.6 is 0 Å². The summed E-state index contributed by atoms with van der Waals surface area (Å²) in [6.07, 6.45) is 5.61. The maximum absolute atomic E-state index is 11.3. The molecule has 0 bridgehead atoms. The SMILES string of the molecule is COC(=O)c1ccc(CNC2CCOC2C2CC2)nc1. The molecule has 2 heterocycles. The van der Waals surface area contributed by atoms with E-state index in [0.717, 1.165) is 24.6 Å². The van der Waals surface area contributed by atoms with Crippen molar-refractivity contribution in [1.29, 1.82) is 0 Å². The highest BCUT2D eigenvalue weighted by atomic mass is 16.5. The fourth-order valence-electron chi connectivity index (χ4n) is 2.72. The number of ether oxygens (including phenoxy) is 2. The van der Waals surface area contributed by atoms with Crippen LogP contribution in [-0.2, 0) is 16.0 Å². The molecule has 20 heavy (non-hydrogen) atoms. The van der Waals surface area contributed by atoms with E-state index in [-0.39, 0.29) is 5.97 Å². The van der Waals surface area contributed by atoms with Crippen LogP contribution in [0, 0.1) is 5.92 Å². The lowest BCUT2D eigenvalue weighted by molar-refractivity contribution is 0.0600. The lowest BCUT2D eigenvalue weighted by atomic mass is 10.1. The summed E-state index contributed by atoms with van der Waals surface area (Å²) in [4.78, 5) is 15.6. The molecular weight excluding hydrogens is 256 g/mol. The number of carbonyl (C=O) groups excluding carboxylic acids is 1. The summed E-state index contributed by atoms with van der Waals surface area (Å²) in [5, 5.41) is 3.53. The van der Waals surface area contributed by atoms with Crippen molar-refractivity contribution in [3.8, 4) is 0 Å². The van der Waals surface area contributed by atoms with Gasteiger partial charge in [0, 0.05) is 25.4 Å². The maximum atomic E-state index is 11.3. The molecule has 5 heteroatoms. The van der Waals surface area contributed by atoms with Crippen LogP contribution in [0.2, 0.25) is 0 Å². The molecule has 0 radical (unpaired) electrons. The Morgan fingerprint density at radius 2 is 2.30 bits per heavy atom. The second kappa shape index (κ2) is 5.89. The Balaban J connectivity index is 1.54. The lowest BCUT2D eigenvalue weighted by Crippen LogP contribution is -2.37. The molecule has 1 saturated carbocycles. The van der Waals surface area contributed by atoms with Crippen molar-refractivity contribution in [3.05, 3.63) is 29.6 Å². The average molecular weight is 276 g/mol. The van der Waals surface area contributed by atoms with E-state index in [1.165, 1.54) is 20.0 Å². The first-order valence-electron chi connectivity index (χ1n) is 7.16. The number of nitrogens with zero attached hydrogens (tertiary/aromatic N) is 1. The van der Waals surface area contributed by atoms with Crippen LogP contribution in [-0.4, -0.2) is 36.8 Å². The Labute approximate surface area is 118 Å². The van der Waals surface area contributed by atoms with Gasteiger partial charge in [-0.3, -0.25) is 4.98 Å². The molecule has 3 rings (SSSR count). The highest BCUT2D eigenvalue weighted by molar-refractivity contribution is 5.88. The van der Waals surface area contributed by atoms with E-state index in [0.29, 0.717) is 24.3 Å². The van der Waals surface area contributed by atoms with Gasteiger partial charge in [0.1, 0.15) is 0 Å². The molecular formula is C15H20N2O3. The van der Waals surface area contributed by atoms with Crippen molar-refractivity contribution in [3.63, 3.8) is 0 Å². The zero-order chi connectivity index (χ0) is 13.9. The highest BCUT2D eigenvalue weighted by Gasteiger charge is 2.40. The number of methoxy groups -OCH3 is 1. The maximum Gasteiger partial charge on any atom is 0.339 e. The van der Waals surface area contributed by atoms with Crippen LogP contribution in [0.3, 0.4) is 0 Å².